The summed E-state index contributed by atoms with van der Waals surface area (Å²) in [5, 5.41) is 8.80. The second kappa shape index (κ2) is 7.85. The number of hydrogen-bond donors (Lipinski definition) is 0. The number of benzene rings is 2. The Labute approximate surface area is 141 Å². The van der Waals surface area contributed by atoms with Gasteiger partial charge in [-0.15, -0.1) is 11.8 Å². The first-order chi connectivity index (χ1) is 11.0. The third-order valence-corrected chi connectivity index (χ3v) is 4.77. The van der Waals surface area contributed by atoms with Crippen molar-refractivity contribution in [3.8, 4) is 6.07 Å². The van der Waals surface area contributed by atoms with Crippen molar-refractivity contribution < 1.29 is 4.79 Å². The average Bonchev–Trinajstić information content (AvgIpc) is 2.56. The van der Waals surface area contributed by atoms with Gasteiger partial charge in [0.1, 0.15) is 0 Å². The van der Waals surface area contributed by atoms with E-state index in [1.165, 1.54) is 11.1 Å². The first kappa shape index (κ1) is 17.1. The molecule has 1 amide bonds. The van der Waals surface area contributed by atoms with Crippen molar-refractivity contribution >= 4 is 17.7 Å². The molecule has 0 atom stereocenters. The van der Waals surface area contributed by atoms with Gasteiger partial charge < -0.3 is 4.90 Å². The summed E-state index contributed by atoms with van der Waals surface area (Å²) >= 11 is 1.58. The number of thioether (sulfide) groups is 1. The highest BCUT2D eigenvalue weighted by molar-refractivity contribution is 8.00. The summed E-state index contributed by atoms with van der Waals surface area (Å²) in [5.41, 5.74) is 4.06. The topological polar surface area (TPSA) is 44.1 Å². The number of hydrogen-bond acceptors (Lipinski definition) is 3. The summed E-state index contributed by atoms with van der Waals surface area (Å²) in [7, 11) is 1.81. The average molecular weight is 324 g/mol. The summed E-state index contributed by atoms with van der Waals surface area (Å²) in [6, 6.07) is 15.7. The van der Waals surface area contributed by atoms with E-state index in [4.69, 9.17) is 5.26 Å². The van der Waals surface area contributed by atoms with E-state index in [2.05, 4.69) is 38.1 Å². The maximum Gasteiger partial charge on any atom is 0.232 e. The first-order valence-corrected chi connectivity index (χ1v) is 8.41. The van der Waals surface area contributed by atoms with Gasteiger partial charge in [-0.2, -0.15) is 5.26 Å². The molecular formula is C19H20N2OS. The van der Waals surface area contributed by atoms with Crippen LogP contribution < -0.4 is 0 Å². The molecule has 0 heterocycles. The molecule has 4 heteroatoms. The standard InChI is InChI=1S/C19H20N2OS/c1-14-4-5-15(2)18(10-14)23-13-19(22)21(3)12-17-8-6-16(11-20)7-9-17/h4-10H,12-13H2,1-3H3. The van der Waals surface area contributed by atoms with Gasteiger partial charge in [0.15, 0.2) is 0 Å². The van der Waals surface area contributed by atoms with Crippen LogP contribution in [0.15, 0.2) is 47.4 Å². The van der Waals surface area contributed by atoms with Crippen LogP contribution in [0.1, 0.15) is 22.3 Å². The minimum atomic E-state index is 0.0975. The zero-order chi connectivity index (χ0) is 16.8. The highest BCUT2D eigenvalue weighted by Crippen LogP contribution is 2.23. The second-order valence-corrected chi connectivity index (χ2v) is 6.63. The van der Waals surface area contributed by atoms with E-state index in [1.54, 1.807) is 28.8 Å². The quantitative estimate of drug-likeness (QED) is 0.783. The van der Waals surface area contributed by atoms with E-state index < -0.39 is 0 Å². The van der Waals surface area contributed by atoms with E-state index in [1.807, 2.05) is 19.2 Å². The van der Waals surface area contributed by atoms with Gasteiger partial charge in [0.2, 0.25) is 5.91 Å². The van der Waals surface area contributed by atoms with Gasteiger partial charge in [0.05, 0.1) is 17.4 Å². The Balaban J connectivity index is 1.92. The van der Waals surface area contributed by atoms with Gasteiger partial charge in [0.25, 0.3) is 0 Å². The number of amides is 1. The van der Waals surface area contributed by atoms with Crippen LogP contribution in [0.25, 0.3) is 0 Å². The predicted molar refractivity (Wildman–Crippen MR) is 94.3 cm³/mol. The maximum atomic E-state index is 12.3. The van der Waals surface area contributed by atoms with E-state index in [0.717, 1.165) is 10.5 Å². The molecule has 118 valence electrons. The van der Waals surface area contributed by atoms with Crippen LogP contribution in [-0.2, 0) is 11.3 Å². The zero-order valence-corrected chi connectivity index (χ0v) is 14.5. The minimum Gasteiger partial charge on any atom is -0.341 e. The summed E-state index contributed by atoms with van der Waals surface area (Å²) in [6.07, 6.45) is 0. The highest BCUT2D eigenvalue weighted by atomic mass is 32.2. The SMILES string of the molecule is Cc1ccc(C)c(SCC(=O)N(C)Cc2ccc(C#N)cc2)c1. The largest absolute Gasteiger partial charge is 0.341 e. The third-order valence-electron chi connectivity index (χ3n) is 3.62. The van der Waals surface area contributed by atoms with Gasteiger partial charge in [0, 0.05) is 18.5 Å². The lowest BCUT2D eigenvalue weighted by molar-refractivity contribution is -0.127. The number of nitrogens with zero attached hydrogens (tertiary/aromatic N) is 2. The van der Waals surface area contributed by atoms with E-state index in [9.17, 15) is 4.79 Å². The van der Waals surface area contributed by atoms with Gasteiger partial charge in [-0.1, -0.05) is 29.8 Å². The summed E-state index contributed by atoms with van der Waals surface area (Å²) in [4.78, 5) is 15.2. The zero-order valence-electron chi connectivity index (χ0n) is 13.7. The van der Waals surface area contributed by atoms with Crippen LogP contribution >= 0.6 is 11.8 Å². The van der Waals surface area contributed by atoms with Crippen LogP contribution in [-0.4, -0.2) is 23.6 Å². The Morgan fingerprint density at radius 1 is 1.17 bits per heavy atom. The lowest BCUT2D eigenvalue weighted by Gasteiger charge is -2.17. The molecule has 0 aliphatic carbocycles. The van der Waals surface area contributed by atoms with Crippen LogP contribution in [0.3, 0.4) is 0 Å². The number of carbonyl (C=O) groups is 1. The van der Waals surface area contributed by atoms with E-state index in [-0.39, 0.29) is 5.91 Å². The van der Waals surface area contributed by atoms with Crippen LogP contribution in [0.4, 0.5) is 0 Å². The van der Waals surface area contributed by atoms with Crippen molar-refractivity contribution in [3.63, 3.8) is 0 Å². The molecule has 23 heavy (non-hydrogen) atoms. The molecule has 0 unspecified atom stereocenters. The molecule has 0 N–H and O–H groups in total. The molecule has 0 fully saturated rings. The Hall–Kier alpha value is -2.25. The van der Waals surface area contributed by atoms with Crippen molar-refractivity contribution in [2.75, 3.05) is 12.8 Å². The maximum absolute atomic E-state index is 12.3. The molecule has 2 aromatic rings. The monoisotopic (exact) mass is 324 g/mol. The predicted octanol–water partition coefficient (Wildman–Crippen LogP) is 3.93. The fourth-order valence-electron chi connectivity index (χ4n) is 2.16. The third kappa shape index (κ3) is 4.87. The molecule has 0 saturated carbocycles. The van der Waals surface area contributed by atoms with Crippen molar-refractivity contribution in [1.29, 1.82) is 5.26 Å². The van der Waals surface area contributed by atoms with Gasteiger partial charge in [-0.05, 0) is 43.2 Å². The van der Waals surface area contributed by atoms with Crippen molar-refractivity contribution in [2.45, 2.75) is 25.3 Å². The molecule has 0 radical (unpaired) electrons. The second-order valence-electron chi connectivity index (χ2n) is 5.62. The summed E-state index contributed by atoms with van der Waals surface area (Å²) < 4.78 is 0. The Morgan fingerprint density at radius 2 is 1.87 bits per heavy atom. The molecule has 0 aromatic heterocycles. The minimum absolute atomic E-state index is 0.0975. The molecular weight excluding hydrogens is 304 g/mol. The molecule has 0 aliphatic rings. The molecule has 0 bridgehead atoms. The van der Waals surface area contributed by atoms with Crippen LogP contribution in [0.2, 0.25) is 0 Å². The van der Waals surface area contributed by atoms with Crippen LogP contribution in [0.5, 0.6) is 0 Å². The number of rotatable bonds is 5. The fraction of sp³-hybridized carbons (Fsp3) is 0.263. The van der Waals surface area contributed by atoms with E-state index in [0.29, 0.717) is 17.9 Å². The number of nitriles is 1. The fourth-order valence-corrected chi connectivity index (χ4v) is 3.22. The summed E-state index contributed by atoms with van der Waals surface area (Å²) in [5.74, 6) is 0.525. The Bertz CT molecular complexity index is 732. The lowest BCUT2D eigenvalue weighted by Crippen LogP contribution is -2.27. The van der Waals surface area contributed by atoms with Crippen molar-refractivity contribution in [3.05, 3.63) is 64.7 Å². The molecule has 0 aliphatic heterocycles. The van der Waals surface area contributed by atoms with Gasteiger partial charge >= 0.3 is 0 Å². The van der Waals surface area contributed by atoms with Crippen molar-refractivity contribution in [2.24, 2.45) is 0 Å². The highest BCUT2D eigenvalue weighted by Gasteiger charge is 2.11. The Kier molecular flexibility index (Phi) is 5.84. The van der Waals surface area contributed by atoms with Gasteiger partial charge in [-0.3, -0.25) is 4.79 Å². The van der Waals surface area contributed by atoms with Crippen molar-refractivity contribution in [1.82, 2.24) is 4.90 Å². The first-order valence-electron chi connectivity index (χ1n) is 7.42. The van der Waals surface area contributed by atoms with E-state index >= 15 is 0 Å². The van der Waals surface area contributed by atoms with Crippen LogP contribution in [0, 0.1) is 25.2 Å². The number of carbonyl (C=O) groups excluding carboxylic acids is 1. The molecule has 3 nitrogen and oxygen atoms in total. The normalized spacial score (nSPS) is 10.2. The Morgan fingerprint density at radius 3 is 2.52 bits per heavy atom. The lowest BCUT2D eigenvalue weighted by atomic mass is 10.1. The molecule has 2 rings (SSSR count). The molecule has 0 saturated heterocycles. The molecule has 0 spiro atoms. The summed E-state index contributed by atoms with van der Waals surface area (Å²) in [6.45, 7) is 4.67. The van der Waals surface area contributed by atoms with Gasteiger partial charge in [-0.25, -0.2) is 0 Å². The number of aryl methyl sites for hydroxylation is 2. The molecule has 2 aromatic carbocycles. The smallest absolute Gasteiger partial charge is 0.232 e.